The van der Waals surface area contributed by atoms with E-state index >= 15 is 0 Å². The van der Waals surface area contributed by atoms with Crippen molar-refractivity contribution < 1.29 is 4.39 Å². The van der Waals surface area contributed by atoms with Crippen LogP contribution >= 0.6 is 0 Å². The molecule has 4 heteroatoms. The summed E-state index contributed by atoms with van der Waals surface area (Å²) in [7, 11) is 0. The maximum absolute atomic E-state index is 12.7. The Hall–Kier alpha value is -1.45. The number of hydrogen-bond donors (Lipinski definition) is 0. The van der Waals surface area contributed by atoms with Crippen molar-refractivity contribution in [3.8, 4) is 0 Å². The molecule has 0 saturated carbocycles. The SMILES string of the molecule is CC(C)N(N=Nc1ccc(F)cc1)C(C)C. The minimum atomic E-state index is -0.261. The molecule has 0 fully saturated rings. The predicted molar refractivity (Wildman–Crippen MR) is 63.0 cm³/mol. The number of nitrogens with zero attached hydrogens (tertiary/aromatic N) is 3. The van der Waals surface area contributed by atoms with E-state index in [2.05, 4.69) is 38.0 Å². The molecule has 1 aromatic carbocycles. The Morgan fingerprint density at radius 2 is 1.50 bits per heavy atom. The molecule has 1 aromatic rings. The summed E-state index contributed by atoms with van der Waals surface area (Å²) in [5.74, 6) is -0.261. The summed E-state index contributed by atoms with van der Waals surface area (Å²) in [5, 5.41) is 10.1. The average molecular weight is 223 g/mol. The first kappa shape index (κ1) is 12.6. The Bertz CT molecular complexity index is 336. The molecule has 0 radical (unpaired) electrons. The molecule has 0 aliphatic heterocycles. The van der Waals surface area contributed by atoms with Crippen molar-refractivity contribution in [1.82, 2.24) is 5.01 Å². The largest absolute Gasteiger partial charge is 0.273 e. The van der Waals surface area contributed by atoms with Gasteiger partial charge in [0, 0.05) is 12.1 Å². The van der Waals surface area contributed by atoms with Gasteiger partial charge in [0.1, 0.15) is 5.82 Å². The maximum atomic E-state index is 12.7. The van der Waals surface area contributed by atoms with Crippen LogP contribution in [0.2, 0.25) is 0 Å². The minimum Gasteiger partial charge on any atom is -0.273 e. The lowest BCUT2D eigenvalue weighted by molar-refractivity contribution is 0.169. The Balaban J connectivity index is 2.74. The Kier molecular flexibility index (Phi) is 4.40. The predicted octanol–water partition coefficient (Wildman–Crippen LogP) is 3.94. The zero-order valence-corrected chi connectivity index (χ0v) is 10.2. The topological polar surface area (TPSA) is 28.0 Å². The van der Waals surface area contributed by atoms with Gasteiger partial charge in [-0.2, -0.15) is 0 Å². The lowest BCUT2D eigenvalue weighted by Gasteiger charge is -2.25. The molecule has 3 nitrogen and oxygen atoms in total. The standard InChI is InChI=1S/C12H18FN3/c1-9(2)16(10(3)4)15-14-12-7-5-11(13)6-8-12/h5-10H,1-4H3. The molecule has 0 atom stereocenters. The number of benzene rings is 1. The molecule has 0 bridgehead atoms. The summed E-state index contributed by atoms with van der Waals surface area (Å²) < 4.78 is 12.7. The minimum absolute atomic E-state index is 0.261. The molecule has 0 spiro atoms. The molecule has 16 heavy (non-hydrogen) atoms. The summed E-state index contributed by atoms with van der Waals surface area (Å²) >= 11 is 0. The zero-order valence-electron chi connectivity index (χ0n) is 10.2. The fourth-order valence-electron chi connectivity index (χ4n) is 1.41. The van der Waals surface area contributed by atoms with Gasteiger partial charge >= 0.3 is 0 Å². The first-order valence-corrected chi connectivity index (χ1v) is 5.46. The second-order valence-corrected chi connectivity index (χ2v) is 4.23. The van der Waals surface area contributed by atoms with Crippen LogP contribution in [-0.2, 0) is 0 Å². The van der Waals surface area contributed by atoms with E-state index < -0.39 is 0 Å². The van der Waals surface area contributed by atoms with E-state index in [1.807, 2.05) is 5.01 Å². The highest BCUT2D eigenvalue weighted by molar-refractivity contribution is 5.35. The summed E-state index contributed by atoms with van der Waals surface area (Å²) in [6.07, 6.45) is 0. The summed E-state index contributed by atoms with van der Waals surface area (Å²) in [5.41, 5.74) is 0.660. The van der Waals surface area contributed by atoms with E-state index in [-0.39, 0.29) is 5.82 Å². The molecule has 0 saturated heterocycles. The number of hydrogen-bond acceptors (Lipinski definition) is 2. The second-order valence-electron chi connectivity index (χ2n) is 4.23. The summed E-state index contributed by atoms with van der Waals surface area (Å²) in [6.45, 7) is 8.24. The van der Waals surface area contributed by atoms with Crippen molar-refractivity contribution in [2.75, 3.05) is 0 Å². The van der Waals surface area contributed by atoms with Crippen LogP contribution in [0.25, 0.3) is 0 Å². The van der Waals surface area contributed by atoms with Crippen molar-refractivity contribution in [3.05, 3.63) is 30.1 Å². The van der Waals surface area contributed by atoms with Gasteiger partial charge in [-0.3, -0.25) is 5.01 Å². The van der Waals surface area contributed by atoms with Crippen molar-refractivity contribution in [2.24, 2.45) is 10.3 Å². The number of rotatable bonds is 4. The van der Waals surface area contributed by atoms with E-state index in [0.29, 0.717) is 17.8 Å². The van der Waals surface area contributed by atoms with Crippen LogP contribution in [0.5, 0.6) is 0 Å². The van der Waals surface area contributed by atoms with Gasteiger partial charge in [-0.25, -0.2) is 4.39 Å². The summed E-state index contributed by atoms with van der Waals surface area (Å²) in [6, 6.07) is 6.57. The molecule has 0 aliphatic rings. The van der Waals surface area contributed by atoms with Crippen LogP contribution in [0.3, 0.4) is 0 Å². The van der Waals surface area contributed by atoms with Gasteiger partial charge in [0.05, 0.1) is 5.69 Å². The molecule has 0 N–H and O–H groups in total. The van der Waals surface area contributed by atoms with Gasteiger partial charge in [0.15, 0.2) is 0 Å². The summed E-state index contributed by atoms with van der Waals surface area (Å²) in [4.78, 5) is 0. The van der Waals surface area contributed by atoms with Crippen LogP contribution in [0.4, 0.5) is 10.1 Å². The highest BCUT2D eigenvalue weighted by Gasteiger charge is 2.10. The molecule has 0 aliphatic carbocycles. The second kappa shape index (κ2) is 5.58. The van der Waals surface area contributed by atoms with Crippen LogP contribution in [0.15, 0.2) is 34.6 Å². The fraction of sp³-hybridized carbons (Fsp3) is 0.500. The van der Waals surface area contributed by atoms with Gasteiger partial charge in [-0.15, -0.1) is 5.11 Å². The molecule has 88 valence electrons. The van der Waals surface area contributed by atoms with Crippen LogP contribution in [0.1, 0.15) is 27.7 Å². The molecule has 0 amide bonds. The van der Waals surface area contributed by atoms with Gasteiger partial charge in [0.2, 0.25) is 0 Å². The lowest BCUT2D eigenvalue weighted by atomic mass is 10.3. The van der Waals surface area contributed by atoms with Gasteiger partial charge < -0.3 is 0 Å². The van der Waals surface area contributed by atoms with Crippen molar-refractivity contribution in [1.29, 1.82) is 0 Å². The normalized spacial score (nSPS) is 11.7. The maximum Gasteiger partial charge on any atom is 0.123 e. The van der Waals surface area contributed by atoms with E-state index in [9.17, 15) is 4.39 Å². The highest BCUT2D eigenvalue weighted by atomic mass is 19.1. The van der Waals surface area contributed by atoms with Crippen LogP contribution in [0, 0.1) is 5.82 Å². The Morgan fingerprint density at radius 1 is 1.00 bits per heavy atom. The molecule has 0 unspecified atom stereocenters. The van der Waals surface area contributed by atoms with Gasteiger partial charge in [-0.1, -0.05) is 5.22 Å². The third kappa shape index (κ3) is 3.61. The van der Waals surface area contributed by atoms with E-state index in [1.165, 1.54) is 12.1 Å². The fourth-order valence-corrected chi connectivity index (χ4v) is 1.41. The van der Waals surface area contributed by atoms with E-state index in [0.717, 1.165) is 0 Å². The first-order valence-electron chi connectivity index (χ1n) is 5.46. The molecule has 0 heterocycles. The molecule has 1 rings (SSSR count). The zero-order chi connectivity index (χ0) is 12.1. The molecule has 0 aromatic heterocycles. The number of halogens is 1. The molecular formula is C12H18FN3. The van der Waals surface area contributed by atoms with Gasteiger partial charge in [0.25, 0.3) is 0 Å². The first-order chi connectivity index (χ1) is 7.50. The van der Waals surface area contributed by atoms with Crippen molar-refractivity contribution in [2.45, 2.75) is 39.8 Å². The highest BCUT2D eigenvalue weighted by Crippen LogP contribution is 2.15. The van der Waals surface area contributed by atoms with Gasteiger partial charge in [-0.05, 0) is 52.0 Å². The lowest BCUT2D eigenvalue weighted by Crippen LogP contribution is -2.31. The van der Waals surface area contributed by atoms with Crippen molar-refractivity contribution >= 4 is 5.69 Å². The Morgan fingerprint density at radius 3 is 1.94 bits per heavy atom. The third-order valence-electron chi connectivity index (χ3n) is 2.15. The third-order valence-corrected chi connectivity index (χ3v) is 2.15. The van der Waals surface area contributed by atoms with E-state index in [4.69, 9.17) is 0 Å². The molecular weight excluding hydrogens is 205 g/mol. The average Bonchev–Trinajstić information content (AvgIpc) is 2.20. The van der Waals surface area contributed by atoms with Crippen LogP contribution in [-0.4, -0.2) is 17.1 Å². The quantitative estimate of drug-likeness (QED) is 0.561. The monoisotopic (exact) mass is 223 g/mol. The van der Waals surface area contributed by atoms with Crippen molar-refractivity contribution in [3.63, 3.8) is 0 Å². The van der Waals surface area contributed by atoms with Crippen LogP contribution < -0.4 is 0 Å². The van der Waals surface area contributed by atoms with E-state index in [1.54, 1.807) is 12.1 Å². The Labute approximate surface area is 96.0 Å². The smallest absolute Gasteiger partial charge is 0.123 e.